The van der Waals surface area contributed by atoms with Gasteiger partial charge in [0.2, 0.25) is 5.91 Å². The Bertz CT molecular complexity index is 314. The van der Waals surface area contributed by atoms with E-state index >= 15 is 0 Å². The molecular weight excluding hydrogens is 278 g/mol. The van der Waals surface area contributed by atoms with Gasteiger partial charge in [0.1, 0.15) is 5.78 Å². The van der Waals surface area contributed by atoms with Crippen LogP contribution in [0, 0.1) is 5.92 Å². The summed E-state index contributed by atoms with van der Waals surface area (Å²) >= 11 is 0. The molecule has 0 unspecified atom stereocenters. The SMILES string of the molecule is CC(C)NCCN(CCNC(C)C)C(=O)CCC(=O)C(C)C. The normalized spacial score (nSPS) is 11.5. The summed E-state index contributed by atoms with van der Waals surface area (Å²) < 4.78 is 0. The first-order valence-electron chi connectivity index (χ1n) is 8.51. The maximum absolute atomic E-state index is 12.3. The number of hydrogen-bond acceptors (Lipinski definition) is 4. The second kappa shape index (κ2) is 11.6. The van der Waals surface area contributed by atoms with Crippen LogP contribution in [-0.2, 0) is 9.59 Å². The molecule has 0 heterocycles. The summed E-state index contributed by atoms with van der Waals surface area (Å²) in [4.78, 5) is 25.9. The van der Waals surface area contributed by atoms with Crippen molar-refractivity contribution in [3.63, 3.8) is 0 Å². The Kier molecular flexibility index (Phi) is 11.1. The van der Waals surface area contributed by atoms with Crippen LogP contribution in [-0.4, -0.2) is 54.9 Å². The second-order valence-electron chi connectivity index (χ2n) is 6.72. The Hall–Kier alpha value is -0.940. The van der Waals surface area contributed by atoms with Crippen LogP contribution >= 0.6 is 0 Å². The number of nitrogens with one attached hydrogen (secondary N) is 2. The van der Waals surface area contributed by atoms with Crippen LogP contribution in [0.3, 0.4) is 0 Å². The largest absolute Gasteiger partial charge is 0.340 e. The Balaban J connectivity index is 4.33. The van der Waals surface area contributed by atoms with Gasteiger partial charge in [-0.15, -0.1) is 0 Å². The number of nitrogens with zero attached hydrogens (tertiary/aromatic N) is 1. The lowest BCUT2D eigenvalue weighted by Gasteiger charge is -2.24. The number of carbonyl (C=O) groups excluding carboxylic acids is 2. The molecule has 0 aliphatic heterocycles. The number of amides is 1. The first-order chi connectivity index (χ1) is 10.2. The van der Waals surface area contributed by atoms with Crippen LogP contribution in [0.2, 0.25) is 0 Å². The minimum Gasteiger partial charge on any atom is -0.340 e. The Morgan fingerprint density at radius 2 is 1.27 bits per heavy atom. The van der Waals surface area contributed by atoms with Gasteiger partial charge in [0, 0.05) is 57.0 Å². The molecule has 0 aromatic heterocycles. The van der Waals surface area contributed by atoms with Crippen LogP contribution in [0.25, 0.3) is 0 Å². The summed E-state index contributed by atoms with van der Waals surface area (Å²) in [5.41, 5.74) is 0. The molecule has 2 N–H and O–H groups in total. The maximum atomic E-state index is 12.3. The highest BCUT2D eigenvalue weighted by atomic mass is 16.2. The molecule has 0 saturated carbocycles. The number of rotatable bonds is 12. The molecule has 0 fully saturated rings. The van der Waals surface area contributed by atoms with E-state index in [-0.39, 0.29) is 17.6 Å². The molecule has 22 heavy (non-hydrogen) atoms. The van der Waals surface area contributed by atoms with Crippen LogP contribution in [0.5, 0.6) is 0 Å². The third-order valence-corrected chi connectivity index (χ3v) is 3.45. The van der Waals surface area contributed by atoms with Crippen LogP contribution < -0.4 is 10.6 Å². The smallest absolute Gasteiger partial charge is 0.223 e. The highest BCUT2D eigenvalue weighted by molar-refractivity contribution is 5.86. The molecule has 0 atom stereocenters. The topological polar surface area (TPSA) is 61.4 Å². The quantitative estimate of drug-likeness (QED) is 0.577. The van der Waals surface area contributed by atoms with Gasteiger partial charge in [-0.2, -0.15) is 0 Å². The van der Waals surface area contributed by atoms with Gasteiger partial charge in [-0.25, -0.2) is 0 Å². The van der Waals surface area contributed by atoms with Gasteiger partial charge >= 0.3 is 0 Å². The fourth-order valence-electron chi connectivity index (χ4n) is 2.01. The summed E-state index contributed by atoms with van der Waals surface area (Å²) in [6.45, 7) is 15.1. The highest BCUT2D eigenvalue weighted by Gasteiger charge is 2.16. The summed E-state index contributed by atoms with van der Waals surface area (Å²) in [5.74, 6) is 0.241. The molecule has 130 valence electrons. The summed E-state index contributed by atoms with van der Waals surface area (Å²) in [7, 11) is 0. The van der Waals surface area contributed by atoms with Crippen molar-refractivity contribution < 1.29 is 9.59 Å². The lowest BCUT2D eigenvalue weighted by molar-refractivity contribution is -0.133. The second-order valence-corrected chi connectivity index (χ2v) is 6.72. The van der Waals surface area contributed by atoms with E-state index in [0.29, 0.717) is 38.0 Å². The molecule has 5 heteroatoms. The van der Waals surface area contributed by atoms with E-state index < -0.39 is 0 Å². The first-order valence-corrected chi connectivity index (χ1v) is 8.51. The fraction of sp³-hybridized carbons (Fsp3) is 0.882. The number of Topliss-reactive ketones (excluding diaryl/α,β-unsaturated/α-hetero) is 1. The van der Waals surface area contributed by atoms with E-state index in [4.69, 9.17) is 0 Å². The lowest BCUT2D eigenvalue weighted by Crippen LogP contribution is -2.42. The predicted octanol–water partition coefficient (Wildman–Crippen LogP) is 1.82. The maximum Gasteiger partial charge on any atom is 0.223 e. The molecule has 0 saturated heterocycles. The van der Waals surface area contributed by atoms with Crippen molar-refractivity contribution in [2.75, 3.05) is 26.2 Å². The monoisotopic (exact) mass is 313 g/mol. The minimum atomic E-state index is 0.00599. The first kappa shape index (κ1) is 21.1. The highest BCUT2D eigenvalue weighted by Crippen LogP contribution is 2.04. The predicted molar refractivity (Wildman–Crippen MR) is 91.9 cm³/mol. The van der Waals surface area contributed by atoms with Gasteiger partial charge in [0.15, 0.2) is 0 Å². The molecule has 0 aromatic rings. The average molecular weight is 313 g/mol. The molecule has 1 amide bonds. The zero-order valence-electron chi connectivity index (χ0n) is 15.2. The molecule has 0 aliphatic rings. The van der Waals surface area contributed by atoms with Crippen LogP contribution in [0.15, 0.2) is 0 Å². The summed E-state index contributed by atoms with van der Waals surface area (Å²) in [5, 5.41) is 6.66. The third-order valence-electron chi connectivity index (χ3n) is 3.45. The van der Waals surface area contributed by atoms with Crippen LogP contribution in [0.4, 0.5) is 0 Å². The average Bonchev–Trinajstić information content (AvgIpc) is 2.41. The van der Waals surface area contributed by atoms with Gasteiger partial charge in [0.25, 0.3) is 0 Å². The van der Waals surface area contributed by atoms with E-state index in [9.17, 15) is 9.59 Å². The lowest BCUT2D eigenvalue weighted by atomic mass is 10.0. The van der Waals surface area contributed by atoms with E-state index in [0.717, 1.165) is 13.1 Å². The van der Waals surface area contributed by atoms with E-state index in [1.807, 2.05) is 18.7 Å². The molecule has 0 aliphatic carbocycles. The fourth-order valence-corrected chi connectivity index (χ4v) is 2.01. The van der Waals surface area contributed by atoms with Gasteiger partial charge in [-0.3, -0.25) is 9.59 Å². The Morgan fingerprint density at radius 3 is 1.64 bits per heavy atom. The van der Waals surface area contributed by atoms with E-state index in [1.165, 1.54) is 0 Å². The third kappa shape index (κ3) is 10.7. The zero-order chi connectivity index (χ0) is 17.1. The molecule has 0 radical (unpaired) electrons. The van der Waals surface area contributed by atoms with Crippen molar-refractivity contribution in [1.82, 2.24) is 15.5 Å². The Labute approximate surface area is 136 Å². The van der Waals surface area contributed by atoms with Gasteiger partial charge in [-0.05, 0) is 0 Å². The van der Waals surface area contributed by atoms with Crippen LogP contribution in [0.1, 0.15) is 54.4 Å². The minimum absolute atomic E-state index is 0.00599. The molecule has 0 spiro atoms. The molecule has 0 bridgehead atoms. The van der Waals surface area contributed by atoms with Crippen molar-refractivity contribution in [2.24, 2.45) is 5.92 Å². The summed E-state index contributed by atoms with van der Waals surface area (Å²) in [6.07, 6.45) is 0.669. The number of hydrogen-bond donors (Lipinski definition) is 2. The zero-order valence-corrected chi connectivity index (χ0v) is 15.2. The van der Waals surface area contributed by atoms with Crippen molar-refractivity contribution in [3.05, 3.63) is 0 Å². The molecule has 0 aromatic carbocycles. The standard InChI is InChI=1S/C17H35N3O2/c1-13(2)16(21)7-8-17(22)20(11-9-18-14(3)4)12-10-19-15(5)6/h13-15,18-19H,7-12H2,1-6H3. The number of carbonyl (C=O) groups is 2. The van der Waals surface area contributed by atoms with Gasteiger partial charge in [-0.1, -0.05) is 41.5 Å². The Morgan fingerprint density at radius 1 is 0.818 bits per heavy atom. The van der Waals surface area contributed by atoms with E-state index in [2.05, 4.69) is 38.3 Å². The van der Waals surface area contributed by atoms with Crippen molar-refractivity contribution in [3.8, 4) is 0 Å². The summed E-state index contributed by atoms with van der Waals surface area (Å²) in [6, 6.07) is 0.821. The van der Waals surface area contributed by atoms with E-state index in [1.54, 1.807) is 0 Å². The molecular formula is C17H35N3O2. The van der Waals surface area contributed by atoms with Crippen molar-refractivity contribution in [1.29, 1.82) is 0 Å². The molecule has 5 nitrogen and oxygen atoms in total. The van der Waals surface area contributed by atoms with Crippen molar-refractivity contribution in [2.45, 2.75) is 66.5 Å². The van der Waals surface area contributed by atoms with Gasteiger partial charge in [0.05, 0.1) is 0 Å². The van der Waals surface area contributed by atoms with Crippen molar-refractivity contribution >= 4 is 11.7 Å². The van der Waals surface area contributed by atoms with Gasteiger partial charge < -0.3 is 15.5 Å². The number of ketones is 1. The molecule has 0 rings (SSSR count).